The zero-order chi connectivity index (χ0) is 14.0. The number of nitriles is 1. The first-order chi connectivity index (χ1) is 8.95. The third-order valence-corrected chi connectivity index (χ3v) is 2.67. The molecule has 0 bridgehead atoms. The van der Waals surface area contributed by atoms with Crippen LogP contribution in [0.1, 0.15) is 11.1 Å². The number of rotatable bonds is 1. The van der Waals surface area contributed by atoms with Gasteiger partial charge in [-0.15, -0.1) is 0 Å². The molecule has 0 saturated carbocycles. The fraction of sp³-hybridized carbons (Fsp3) is 0.0714. The summed E-state index contributed by atoms with van der Waals surface area (Å²) in [5.74, 6) is -0.919. The van der Waals surface area contributed by atoms with Crippen LogP contribution in [0.3, 0.4) is 0 Å². The molecule has 0 atom stereocenters. The Labute approximate surface area is 107 Å². The molecule has 0 aromatic heterocycles. The summed E-state index contributed by atoms with van der Waals surface area (Å²) < 4.78 is 38.6. The topological polar surface area (TPSA) is 44.0 Å². The summed E-state index contributed by atoms with van der Waals surface area (Å²) in [5, 5.41) is 18.5. The van der Waals surface area contributed by atoms with Gasteiger partial charge in [0.15, 0.2) is 0 Å². The van der Waals surface area contributed by atoms with Crippen LogP contribution in [-0.2, 0) is 6.18 Å². The SMILES string of the molecule is N#Cc1ccc(-c2ccccc2)c(O)c1C(F)(F)F. The highest BCUT2D eigenvalue weighted by molar-refractivity contribution is 5.74. The third kappa shape index (κ3) is 2.38. The van der Waals surface area contributed by atoms with Crippen molar-refractivity contribution in [3.8, 4) is 22.9 Å². The van der Waals surface area contributed by atoms with Crippen molar-refractivity contribution < 1.29 is 18.3 Å². The molecular formula is C14H8F3NO. The molecule has 0 fully saturated rings. The van der Waals surface area contributed by atoms with Gasteiger partial charge >= 0.3 is 6.18 Å². The Hall–Kier alpha value is -2.48. The van der Waals surface area contributed by atoms with Crippen LogP contribution in [0.5, 0.6) is 5.75 Å². The van der Waals surface area contributed by atoms with Gasteiger partial charge in [0.25, 0.3) is 0 Å². The largest absolute Gasteiger partial charge is 0.507 e. The fourth-order valence-corrected chi connectivity index (χ4v) is 1.82. The molecule has 0 aliphatic rings. The van der Waals surface area contributed by atoms with Gasteiger partial charge in [0.2, 0.25) is 0 Å². The molecule has 2 nitrogen and oxygen atoms in total. The van der Waals surface area contributed by atoms with Crippen LogP contribution in [0, 0.1) is 11.3 Å². The number of nitrogens with zero attached hydrogens (tertiary/aromatic N) is 1. The number of phenols is 1. The van der Waals surface area contributed by atoms with E-state index in [1.165, 1.54) is 12.1 Å². The minimum Gasteiger partial charge on any atom is -0.507 e. The number of halogens is 3. The van der Waals surface area contributed by atoms with E-state index in [2.05, 4.69) is 0 Å². The van der Waals surface area contributed by atoms with Gasteiger partial charge in [-0.05, 0) is 17.7 Å². The molecule has 1 N–H and O–H groups in total. The van der Waals surface area contributed by atoms with Crippen molar-refractivity contribution >= 4 is 0 Å². The van der Waals surface area contributed by atoms with Gasteiger partial charge in [-0.25, -0.2) is 0 Å². The molecule has 0 aliphatic carbocycles. The molecule has 0 saturated heterocycles. The second-order valence-electron chi connectivity index (χ2n) is 3.86. The maximum atomic E-state index is 12.9. The van der Waals surface area contributed by atoms with Crippen molar-refractivity contribution in [2.75, 3.05) is 0 Å². The normalized spacial score (nSPS) is 11.1. The number of hydrogen-bond donors (Lipinski definition) is 1. The summed E-state index contributed by atoms with van der Waals surface area (Å²) in [4.78, 5) is 0. The molecule has 2 aromatic rings. The first-order valence-corrected chi connectivity index (χ1v) is 5.34. The van der Waals surface area contributed by atoms with Gasteiger partial charge in [0, 0.05) is 5.56 Å². The van der Waals surface area contributed by atoms with E-state index >= 15 is 0 Å². The second-order valence-corrected chi connectivity index (χ2v) is 3.86. The summed E-state index contributed by atoms with van der Waals surface area (Å²) in [5.41, 5.74) is -1.39. The summed E-state index contributed by atoms with van der Waals surface area (Å²) >= 11 is 0. The number of hydrogen-bond acceptors (Lipinski definition) is 2. The van der Waals surface area contributed by atoms with Crippen molar-refractivity contribution in [1.82, 2.24) is 0 Å². The zero-order valence-corrected chi connectivity index (χ0v) is 9.57. The van der Waals surface area contributed by atoms with E-state index < -0.39 is 23.1 Å². The van der Waals surface area contributed by atoms with Crippen molar-refractivity contribution in [3.05, 3.63) is 53.6 Å². The summed E-state index contributed by atoms with van der Waals surface area (Å²) in [6, 6.07) is 12.0. The molecule has 0 radical (unpaired) electrons. The Morgan fingerprint density at radius 2 is 1.63 bits per heavy atom. The highest BCUT2D eigenvalue weighted by atomic mass is 19.4. The smallest absolute Gasteiger partial charge is 0.421 e. The maximum absolute atomic E-state index is 12.9. The Balaban J connectivity index is 2.72. The molecule has 0 aliphatic heterocycles. The second kappa shape index (κ2) is 4.65. The molecule has 19 heavy (non-hydrogen) atoms. The highest BCUT2D eigenvalue weighted by Gasteiger charge is 2.38. The van der Waals surface area contributed by atoms with Gasteiger partial charge in [-0.1, -0.05) is 30.3 Å². The van der Waals surface area contributed by atoms with E-state index in [1.807, 2.05) is 0 Å². The van der Waals surface area contributed by atoms with Crippen LogP contribution in [0.4, 0.5) is 13.2 Å². The molecule has 0 spiro atoms. The van der Waals surface area contributed by atoms with Gasteiger partial charge in [-0.3, -0.25) is 0 Å². The van der Waals surface area contributed by atoms with E-state index in [1.54, 1.807) is 30.3 Å². The lowest BCUT2D eigenvalue weighted by Crippen LogP contribution is -2.08. The maximum Gasteiger partial charge on any atom is 0.421 e. The molecule has 2 aromatic carbocycles. The predicted octanol–water partition coefficient (Wildman–Crippen LogP) is 3.95. The molecule has 2 rings (SSSR count). The fourth-order valence-electron chi connectivity index (χ4n) is 1.82. The van der Waals surface area contributed by atoms with E-state index in [0.717, 1.165) is 6.07 Å². The van der Waals surface area contributed by atoms with Gasteiger partial charge in [0.05, 0.1) is 11.6 Å². The average molecular weight is 263 g/mol. The molecule has 0 amide bonds. The van der Waals surface area contributed by atoms with Crippen LogP contribution < -0.4 is 0 Å². The van der Waals surface area contributed by atoms with Gasteiger partial charge in [-0.2, -0.15) is 18.4 Å². The number of benzene rings is 2. The van der Waals surface area contributed by atoms with E-state index in [4.69, 9.17) is 5.26 Å². The van der Waals surface area contributed by atoms with Crippen LogP contribution in [-0.4, -0.2) is 5.11 Å². The summed E-state index contributed by atoms with van der Waals surface area (Å²) in [6.45, 7) is 0. The van der Waals surface area contributed by atoms with Crippen molar-refractivity contribution in [3.63, 3.8) is 0 Å². The van der Waals surface area contributed by atoms with E-state index in [-0.39, 0.29) is 5.56 Å². The molecule has 5 heteroatoms. The van der Waals surface area contributed by atoms with Crippen LogP contribution in [0.2, 0.25) is 0 Å². The standard InChI is InChI=1S/C14H8F3NO/c15-14(16,17)12-10(8-18)6-7-11(13(12)19)9-4-2-1-3-5-9/h1-7,19H. The molecule has 96 valence electrons. The third-order valence-electron chi connectivity index (χ3n) is 2.67. The Morgan fingerprint density at radius 1 is 1.00 bits per heavy atom. The van der Waals surface area contributed by atoms with Crippen molar-refractivity contribution in [1.29, 1.82) is 5.26 Å². The molecule has 0 unspecified atom stereocenters. The number of alkyl halides is 3. The minimum absolute atomic E-state index is 0.0481. The zero-order valence-electron chi connectivity index (χ0n) is 9.57. The lowest BCUT2D eigenvalue weighted by Gasteiger charge is -2.14. The van der Waals surface area contributed by atoms with Crippen molar-refractivity contribution in [2.24, 2.45) is 0 Å². The predicted molar refractivity (Wildman–Crippen MR) is 63.3 cm³/mol. The average Bonchev–Trinajstić information content (AvgIpc) is 2.37. The Kier molecular flexibility index (Phi) is 3.17. The summed E-state index contributed by atoms with van der Waals surface area (Å²) in [7, 11) is 0. The lowest BCUT2D eigenvalue weighted by molar-refractivity contribution is -0.138. The van der Waals surface area contributed by atoms with Crippen LogP contribution >= 0.6 is 0 Å². The highest BCUT2D eigenvalue weighted by Crippen LogP contribution is 2.43. The first kappa shape index (κ1) is 13.0. The minimum atomic E-state index is -4.78. The quantitative estimate of drug-likeness (QED) is 0.846. The van der Waals surface area contributed by atoms with E-state index in [0.29, 0.717) is 5.56 Å². The molecular weight excluding hydrogens is 255 g/mol. The number of aromatic hydroxyl groups is 1. The van der Waals surface area contributed by atoms with Crippen molar-refractivity contribution in [2.45, 2.75) is 6.18 Å². The monoisotopic (exact) mass is 263 g/mol. The Morgan fingerprint density at radius 3 is 2.16 bits per heavy atom. The van der Waals surface area contributed by atoms with Crippen LogP contribution in [0.25, 0.3) is 11.1 Å². The lowest BCUT2D eigenvalue weighted by atomic mass is 9.97. The van der Waals surface area contributed by atoms with Crippen LogP contribution in [0.15, 0.2) is 42.5 Å². The van der Waals surface area contributed by atoms with Gasteiger partial charge in [0.1, 0.15) is 11.3 Å². The van der Waals surface area contributed by atoms with E-state index in [9.17, 15) is 18.3 Å². The summed E-state index contributed by atoms with van der Waals surface area (Å²) in [6.07, 6.45) is -4.78. The molecule has 0 heterocycles. The van der Waals surface area contributed by atoms with Gasteiger partial charge < -0.3 is 5.11 Å². The number of phenolic OH excluding ortho intramolecular Hbond substituents is 1. The first-order valence-electron chi connectivity index (χ1n) is 5.34. The Bertz CT molecular complexity index is 642.